The van der Waals surface area contributed by atoms with Crippen LogP contribution in [0.1, 0.15) is 67.2 Å². The van der Waals surface area contributed by atoms with Crippen LogP contribution in [0.25, 0.3) is 0 Å². The van der Waals surface area contributed by atoms with Crippen molar-refractivity contribution in [1.29, 1.82) is 0 Å². The van der Waals surface area contributed by atoms with Crippen LogP contribution in [0.5, 0.6) is 0 Å². The fraction of sp³-hybridized carbons (Fsp3) is 0.862. The Balaban J connectivity index is 1.17. The minimum Gasteiger partial charge on any atom is -0.465 e. The fourth-order valence-electron chi connectivity index (χ4n) is 6.94. The highest BCUT2D eigenvalue weighted by Gasteiger charge is 2.60. The predicted molar refractivity (Wildman–Crippen MR) is 149 cm³/mol. The number of esters is 2. The first kappa shape index (κ1) is 30.9. The molecule has 0 aromatic carbocycles. The number of fused-ring (bicyclic) bond motifs is 2. The molecular formula is C29H44N2O10S. The quantitative estimate of drug-likeness (QED) is 0.324. The maximum atomic E-state index is 13.2. The van der Waals surface area contributed by atoms with Crippen LogP contribution in [-0.2, 0) is 38.4 Å². The standard InChI is InChI=1S/C29H44N2O10S/c1-27(2,3)40-25(34)30-13-17-11-19(30)21(17)23(32)38-15-29(7-9-42(36,37)10-8-29)16-39-24(33)22-18-12-20(22)31(14-18)26(35)41-28(4,5)6/h17-22H,7-16H2,1-6H3. The number of amides is 2. The summed E-state index contributed by atoms with van der Waals surface area (Å²) in [6.45, 7) is 11.5. The zero-order valence-electron chi connectivity index (χ0n) is 25.4. The molecule has 2 aliphatic carbocycles. The number of hydrogen-bond donors (Lipinski definition) is 0. The Bertz CT molecular complexity index is 1150. The van der Waals surface area contributed by atoms with Crippen LogP contribution < -0.4 is 0 Å². The van der Waals surface area contributed by atoms with Crippen molar-refractivity contribution in [1.82, 2.24) is 9.80 Å². The van der Waals surface area contributed by atoms with Crippen molar-refractivity contribution < 1.29 is 46.5 Å². The summed E-state index contributed by atoms with van der Waals surface area (Å²) >= 11 is 0. The van der Waals surface area contributed by atoms with Gasteiger partial charge in [-0.05, 0) is 79.1 Å². The molecule has 0 aromatic heterocycles. The van der Waals surface area contributed by atoms with Gasteiger partial charge in [0.05, 0.1) is 23.3 Å². The van der Waals surface area contributed by atoms with Crippen molar-refractivity contribution in [3.63, 3.8) is 0 Å². The Morgan fingerprint density at radius 3 is 1.45 bits per heavy atom. The first-order valence-corrected chi connectivity index (χ1v) is 16.7. The molecule has 6 atom stereocenters. The number of sulfone groups is 1. The summed E-state index contributed by atoms with van der Waals surface area (Å²) in [7, 11) is -3.23. The first-order valence-electron chi connectivity index (χ1n) is 14.9. The summed E-state index contributed by atoms with van der Waals surface area (Å²) in [4.78, 5) is 54.7. The summed E-state index contributed by atoms with van der Waals surface area (Å²) in [5.74, 6) is -1.91. The molecule has 6 unspecified atom stereocenters. The lowest BCUT2D eigenvalue weighted by Gasteiger charge is -2.39. The molecule has 0 N–H and O–H groups in total. The molecule has 12 nitrogen and oxygen atoms in total. The van der Waals surface area contributed by atoms with Crippen LogP contribution in [0.2, 0.25) is 0 Å². The lowest BCUT2D eigenvalue weighted by Crippen LogP contribution is -2.49. The third-order valence-electron chi connectivity index (χ3n) is 9.32. The van der Waals surface area contributed by atoms with Crippen molar-refractivity contribution in [2.24, 2.45) is 29.1 Å². The maximum absolute atomic E-state index is 13.2. The van der Waals surface area contributed by atoms with Crippen LogP contribution in [0.4, 0.5) is 9.59 Å². The van der Waals surface area contributed by atoms with Crippen molar-refractivity contribution in [3.05, 3.63) is 0 Å². The molecule has 13 heteroatoms. The zero-order valence-corrected chi connectivity index (χ0v) is 26.2. The second-order valence-electron chi connectivity index (χ2n) is 14.8. The van der Waals surface area contributed by atoms with Crippen molar-refractivity contribution in [2.75, 3.05) is 37.8 Å². The highest BCUT2D eigenvalue weighted by molar-refractivity contribution is 7.91. The zero-order chi connectivity index (χ0) is 30.8. The molecule has 5 heterocycles. The lowest BCUT2D eigenvalue weighted by atomic mass is 9.73. The van der Waals surface area contributed by atoms with Gasteiger partial charge in [0.15, 0.2) is 0 Å². The summed E-state index contributed by atoms with van der Waals surface area (Å²) in [5.41, 5.74) is -2.10. The van der Waals surface area contributed by atoms with Gasteiger partial charge >= 0.3 is 24.1 Å². The summed E-state index contributed by atoms with van der Waals surface area (Å²) in [6, 6.07) is -0.556. The van der Waals surface area contributed by atoms with E-state index < -0.39 is 62.4 Å². The topological polar surface area (TPSA) is 146 Å². The van der Waals surface area contributed by atoms with Crippen LogP contribution in [0.3, 0.4) is 0 Å². The Hall–Kier alpha value is -2.57. The van der Waals surface area contributed by atoms with Crippen molar-refractivity contribution in [3.8, 4) is 0 Å². The highest BCUT2D eigenvalue weighted by atomic mass is 32.2. The Morgan fingerprint density at radius 2 is 1.10 bits per heavy atom. The van der Waals surface area contributed by atoms with E-state index in [0.717, 1.165) is 0 Å². The minimum absolute atomic E-state index is 0.00228. The van der Waals surface area contributed by atoms with Crippen LogP contribution >= 0.6 is 0 Å². The van der Waals surface area contributed by atoms with E-state index in [2.05, 4.69) is 0 Å². The van der Waals surface area contributed by atoms with Crippen molar-refractivity contribution in [2.45, 2.75) is 90.5 Å². The summed E-state index contributed by atoms with van der Waals surface area (Å²) in [5, 5.41) is 0. The second kappa shape index (κ2) is 10.6. The molecule has 2 amide bonds. The van der Waals surface area contributed by atoms with E-state index in [1.165, 1.54) is 0 Å². The number of nitrogens with zero attached hydrogens (tertiary/aromatic N) is 2. The number of hydrogen-bond acceptors (Lipinski definition) is 10. The summed E-state index contributed by atoms with van der Waals surface area (Å²) in [6.07, 6.45) is 0.953. The van der Waals surface area contributed by atoms with Gasteiger partial charge in [-0.25, -0.2) is 18.0 Å². The Labute approximate surface area is 247 Å². The number of carbonyl (C=O) groups excluding carboxylic acids is 4. The van der Waals surface area contributed by atoms with E-state index in [0.29, 0.717) is 25.9 Å². The largest absolute Gasteiger partial charge is 0.465 e. The molecule has 2 saturated carbocycles. The smallest absolute Gasteiger partial charge is 0.410 e. The van der Waals surface area contributed by atoms with E-state index in [1.54, 1.807) is 51.3 Å². The molecular weight excluding hydrogens is 568 g/mol. The van der Waals surface area contributed by atoms with Gasteiger partial charge in [0, 0.05) is 30.6 Å². The SMILES string of the molecule is CC(C)(C)OC(=O)N1CC2CC1C2C(=O)OCC1(COC(=O)C2C3CC2N(C(=O)OC(C)(C)C)C3)CCS(=O)(=O)CC1. The van der Waals surface area contributed by atoms with Gasteiger partial charge in [0.1, 0.15) is 34.3 Å². The average molecular weight is 613 g/mol. The fourth-order valence-corrected chi connectivity index (χ4v) is 8.63. The van der Waals surface area contributed by atoms with Crippen LogP contribution in [-0.4, -0.2) is 103 Å². The molecule has 0 radical (unpaired) electrons. The van der Waals surface area contributed by atoms with E-state index in [1.807, 2.05) is 0 Å². The molecule has 236 valence electrons. The molecule has 7 fully saturated rings. The molecule has 0 spiro atoms. The number of ether oxygens (including phenoxy) is 4. The van der Waals surface area contributed by atoms with Gasteiger partial charge in [0.2, 0.25) is 0 Å². The molecule has 7 aliphatic rings. The first-order chi connectivity index (χ1) is 19.4. The normalized spacial score (nSPS) is 32.3. The third-order valence-corrected chi connectivity index (χ3v) is 11.0. The summed E-state index contributed by atoms with van der Waals surface area (Å²) < 4.78 is 47.0. The monoisotopic (exact) mass is 612 g/mol. The highest BCUT2D eigenvalue weighted by Crippen LogP contribution is 2.49. The third kappa shape index (κ3) is 6.21. The van der Waals surface area contributed by atoms with E-state index in [4.69, 9.17) is 18.9 Å². The molecule has 4 bridgehead atoms. The molecule has 5 aliphatic heterocycles. The van der Waals surface area contributed by atoms with Gasteiger partial charge in [-0.1, -0.05) is 0 Å². The second-order valence-corrected chi connectivity index (χ2v) is 17.1. The van der Waals surface area contributed by atoms with Crippen LogP contribution in [0, 0.1) is 29.1 Å². The van der Waals surface area contributed by atoms with E-state index in [-0.39, 0.29) is 61.5 Å². The van der Waals surface area contributed by atoms with Crippen LogP contribution in [0.15, 0.2) is 0 Å². The predicted octanol–water partition coefficient (Wildman–Crippen LogP) is 2.78. The average Bonchev–Trinajstić information content (AvgIpc) is 3.60. The van der Waals surface area contributed by atoms with E-state index >= 15 is 0 Å². The van der Waals surface area contributed by atoms with Gasteiger partial charge in [0.25, 0.3) is 0 Å². The van der Waals surface area contributed by atoms with Gasteiger partial charge in [-0.15, -0.1) is 0 Å². The van der Waals surface area contributed by atoms with E-state index in [9.17, 15) is 27.6 Å². The molecule has 42 heavy (non-hydrogen) atoms. The number of carbonyl (C=O) groups is 4. The molecule has 7 rings (SSSR count). The van der Waals surface area contributed by atoms with Gasteiger partial charge in [-0.2, -0.15) is 0 Å². The van der Waals surface area contributed by atoms with Crippen molar-refractivity contribution >= 4 is 34.0 Å². The molecule has 5 saturated heterocycles. The number of rotatable bonds is 6. The Morgan fingerprint density at radius 1 is 0.714 bits per heavy atom. The Kier molecular flexibility index (Phi) is 7.76. The lowest BCUT2D eigenvalue weighted by molar-refractivity contribution is -0.165. The van der Waals surface area contributed by atoms with Gasteiger partial charge < -0.3 is 28.7 Å². The molecule has 0 aromatic rings. The van der Waals surface area contributed by atoms with Gasteiger partial charge in [-0.3, -0.25) is 9.59 Å². The minimum atomic E-state index is -3.23. The maximum Gasteiger partial charge on any atom is 0.410 e.